The number of anilines is 1. The lowest BCUT2D eigenvalue weighted by Gasteiger charge is -2.24. The zero-order chi connectivity index (χ0) is 36.0. The van der Waals surface area contributed by atoms with Gasteiger partial charge in [-0.05, 0) is 38.0 Å². The van der Waals surface area contributed by atoms with E-state index in [2.05, 4.69) is 21.5 Å². The number of esters is 2. The third-order valence-electron chi connectivity index (χ3n) is 8.40. The molecule has 0 unspecified atom stereocenters. The number of hydrogen-bond donors (Lipinski definition) is 4. The molecular weight excluding hydrogens is 693 g/mol. The predicted molar refractivity (Wildman–Crippen MR) is 181 cm³/mol. The van der Waals surface area contributed by atoms with Gasteiger partial charge in [-0.15, -0.1) is 0 Å². The van der Waals surface area contributed by atoms with Gasteiger partial charge in [0.05, 0.1) is 18.2 Å². The molecule has 3 aromatic rings. The number of benzene rings is 1. The molecule has 1 aromatic carbocycles. The average molecular weight is 734 g/mol. The van der Waals surface area contributed by atoms with Crippen LogP contribution in [-0.2, 0) is 33.1 Å². The summed E-state index contributed by atoms with van der Waals surface area (Å²) in [4.78, 5) is 28.7. The number of nitrogens with zero attached hydrogens (tertiary/aromatic N) is 3. The molecule has 17 heteroatoms. The molecule has 1 aliphatic carbocycles. The summed E-state index contributed by atoms with van der Waals surface area (Å²) in [5, 5.41) is 38.5. The van der Waals surface area contributed by atoms with Crippen molar-refractivity contribution in [1.82, 2.24) is 14.6 Å². The highest BCUT2D eigenvalue weighted by Gasteiger charge is 2.45. The Morgan fingerprint density at radius 3 is 2.50 bits per heavy atom. The van der Waals surface area contributed by atoms with E-state index in [9.17, 15) is 29.6 Å². The molecule has 6 atom stereocenters. The minimum Gasteiger partial charge on any atom is -0.431 e. The number of pyridine rings is 1. The summed E-state index contributed by atoms with van der Waals surface area (Å²) in [5.74, 6) is -1.58. The van der Waals surface area contributed by atoms with Gasteiger partial charge in [-0.3, -0.25) is 14.2 Å². The molecule has 2 aliphatic rings. The number of aliphatic hydroxyl groups is 2. The lowest BCUT2D eigenvalue weighted by molar-refractivity contribution is -0.170. The first-order chi connectivity index (χ1) is 23.9. The van der Waals surface area contributed by atoms with E-state index in [1.165, 1.54) is 11.5 Å². The van der Waals surface area contributed by atoms with Crippen LogP contribution >= 0.6 is 19.1 Å². The predicted octanol–water partition coefficient (Wildman–Crippen LogP) is 4.46. The molecule has 1 saturated heterocycles. The molecule has 50 heavy (non-hydrogen) atoms. The summed E-state index contributed by atoms with van der Waals surface area (Å²) < 4.78 is 42.9. The van der Waals surface area contributed by atoms with Crippen molar-refractivity contribution in [1.29, 1.82) is 5.26 Å². The lowest BCUT2D eigenvalue weighted by atomic mass is 10.1. The van der Waals surface area contributed by atoms with Crippen molar-refractivity contribution in [3.8, 4) is 11.8 Å². The van der Waals surface area contributed by atoms with E-state index >= 15 is 0 Å². The maximum atomic E-state index is 14.0. The van der Waals surface area contributed by atoms with Crippen molar-refractivity contribution in [2.24, 2.45) is 5.92 Å². The Morgan fingerprint density at radius 1 is 1.12 bits per heavy atom. The normalized spacial score (nSPS) is 22.6. The van der Waals surface area contributed by atoms with E-state index in [4.69, 9.17) is 35.1 Å². The second kappa shape index (κ2) is 16.5. The standard InChI is InChI=1S/C33H41ClN5O10P/c1-19(2)32(42)46-17-47-33(43)20(3)38-50(44,49-22-11-5-4-6-12-22)18-45-16-25-27(40)28(41)31(48-25)39-14-13-23-26(36-21-9-7-8-10-21)24(15-35)29(34)37-30(23)39/h4-6,11-14,19-21,25,27-28,31,40-41H,7-10,16-18H2,1-3H3,(H,36,37)(H,38,44)/t20-,25+,27+,28+,31+,50+/m0/s1. The Kier molecular flexibility index (Phi) is 12.4. The number of hydrogen-bond acceptors (Lipinski definition) is 13. The summed E-state index contributed by atoms with van der Waals surface area (Å²) in [6.07, 6.45) is 0.167. The van der Waals surface area contributed by atoms with Crippen LogP contribution in [0.1, 0.15) is 58.2 Å². The Morgan fingerprint density at radius 2 is 1.82 bits per heavy atom. The van der Waals surface area contributed by atoms with Gasteiger partial charge in [0.25, 0.3) is 0 Å². The highest BCUT2D eigenvalue weighted by atomic mass is 35.5. The highest BCUT2D eigenvalue weighted by molar-refractivity contribution is 7.57. The Hall–Kier alpha value is -3.74. The molecule has 0 amide bonds. The summed E-state index contributed by atoms with van der Waals surface area (Å²) >= 11 is 6.44. The molecular formula is C33H41ClN5O10P. The van der Waals surface area contributed by atoms with Gasteiger partial charge in [0, 0.05) is 17.6 Å². The number of rotatable bonds is 15. The maximum absolute atomic E-state index is 14.0. The number of carbonyl (C=O) groups excluding carboxylic acids is 2. The quantitative estimate of drug-likeness (QED) is 0.0738. The van der Waals surface area contributed by atoms with Crippen molar-refractivity contribution in [2.45, 2.75) is 83.1 Å². The van der Waals surface area contributed by atoms with Gasteiger partial charge < -0.3 is 43.6 Å². The number of aliphatic hydroxyl groups excluding tert-OH is 2. The van der Waals surface area contributed by atoms with Crippen LogP contribution in [0.5, 0.6) is 5.75 Å². The van der Waals surface area contributed by atoms with E-state index in [1.807, 2.05) is 0 Å². The molecule has 2 aromatic heterocycles. The van der Waals surface area contributed by atoms with Crippen molar-refractivity contribution in [3.63, 3.8) is 0 Å². The van der Waals surface area contributed by atoms with Gasteiger partial charge in [0.15, 0.2) is 11.4 Å². The smallest absolute Gasteiger partial charge is 0.342 e. The number of para-hydroxylation sites is 1. The topological polar surface area (TPSA) is 203 Å². The second-order valence-electron chi connectivity index (χ2n) is 12.5. The third-order valence-corrected chi connectivity index (χ3v) is 10.5. The number of aromatic nitrogens is 2. The highest BCUT2D eigenvalue weighted by Crippen LogP contribution is 2.44. The van der Waals surface area contributed by atoms with Crippen LogP contribution < -0.4 is 14.9 Å². The van der Waals surface area contributed by atoms with Crippen LogP contribution in [0.25, 0.3) is 11.0 Å². The van der Waals surface area contributed by atoms with Crippen molar-refractivity contribution < 1.29 is 47.8 Å². The van der Waals surface area contributed by atoms with E-state index in [-0.39, 0.29) is 29.1 Å². The Bertz CT molecular complexity index is 1750. The van der Waals surface area contributed by atoms with Crippen molar-refractivity contribution in [2.75, 3.05) is 25.1 Å². The van der Waals surface area contributed by atoms with Crippen LogP contribution in [0.4, 0.5) is 5.69 Å². The number of ether oxygens (including phenoxy) is 4. The molecule has 1 saturated carbocycles. The van der Waals surface area contributed by atoms with Crippen LogP contribution in [0, 0.1) is 17.2 Å². The number of carbonyl (C=O) groups is 2. The average Bonchev–Trinajstić information content (AvgIpc) is 3.81. The van der Waals surface area contributed by atoms with E-state index in [0.29, 0.717) is 16.7 Å². The summed E-state index contributed by atoms with van der Waals surface area (Å²) in [7, 11) is -3.98. The van der Waals surface area contributed by atoms with Gasteiger partial charge >= 0.3 is 19.5 Å². The summed E-state index contributed by atoms with van der Waals surface area (Å²) in [6.45, 7) is 3.74. The molecule has 15 nitrogen and oxygen atoms in total. The monoisotopic (exact) mass is 733 g/mol. The van der Waals surface area contributed by atoms with Gasteiger partial charge in [0.1, 0.15) is 53.7 Å². The Balaban J connectivity index is 1.26. The van der Waals surface area contributed by atoms with Gasteiger partial charge in [0.2, 0.25) is 6.79 Å². The molecule has 5 rings (SSSR count). The van der Waals surface area contributed by atoms with E-state index < -0.39 is 69.1 Å². The number of nitriles is 1. The minimum atomic E-state index is -3.98. The number of nitrogens with one attached hydrogen (secondary N) is 2. The molecule has 270 valence electrons. The number of halogens is 1. The van der Waals surface area contributed by atoms with E-state index in [1.54, 1.807) is 56.4 Å². The SMILES string of the molecule is CC(C)C(=O)OCOC(=O)[C@H](C)N[P@@](=O)(COC[C@H]1O[C@@H](n2ccc3c(NC4CCCC4)c(C#N)c(Cl)nc32)[C@H](O)[C@@H]1O)Oc1ccccc1. The summed E-state index contributed by atoms with van der Waals surface area (Å²) in [6, 6.07) is 11.1. The first-order valence-corrected chi connectivity index (χ1v) is 18.5. The van der Waals surface area contributed by atoms with Crippen molar-refractivity contribution >= 4 is 47.8 Å². The molecule has 3 heterocycles. The van der Waals surface area contributed by atoms with Gasteiger partial charge in [-0.25, -0.2) is 10.1 Å². The first-order valence-electron chi connectivity index (χ1n) is 16.3. The molecule has 1 aliphatic heterocycles. The maximum Gasteiger partial charge on any atom is 0.342 e. The zero-order valence-corrected chi connectivity index (χ0v) is 29.5. The zero-order valence-electron chi connectivity index (χ0n) is 27.9. The molecule has 2 fully saturated rings. The van der Waals surface area contributed by atoms with Crippen molar-refractivity contribution in [3.05, 3.63) is 53.3 Å². The first kappa shape index (κ1) is 37.5. The van der Waals surface area contributed by atoms with Crippen LogP contribution in [0.15, 0.2) is 42.6 Å². The largest absolute Gasteiger partial charge is 0.431 e. The fourth-order valence-electron chi connectivity index (χ4n) is 5.78. The summed E-state index contributed by atoms with van der Waals surface area (Å²) in [5.41, 5.74) is 1.12. The molecule has 4 N–H and O–H groups in total. The molecule has 0 radical (unpaired) electrons. The van der Waals surface area contributed by atoms with E-state index in [0.717, 1.165) is 25.7 Å². The fraction of sp³-hybridized carbons (Fsp3) is 0.515. The third kappa shape index (κ3) is 8.76. The number of fused-ring (bicyclic) bond motifs is 1. The van der Waals surface area contributed by atoms with Gasteiger partial charge in [-0.1, -0.05) is 56.5 Å². The Labute approximate surface area is 294 Å². The molecule has 0 spiro atoms. The lowest BCUT2D eigenvalue weighted by Crippen LogP contribution is -2.37. The van der Waals surface area contributed by atoms with Gasteiger partial charge in [-0.2, -0.15) is 5.26 Å². The van der Waals surface area contributed by atoms with Crippen LogP contribution in [-0.4, -0.2) is 81.8 Å². The van der Waals surface area contributed by atoms with Crippen LogP contribution in [0.2, 0.25) is 5.15 Å². The molecule has 0 bridgehead atoms. The minimum absolute atomic E-state index is 0.00952. The fourth-order valence-corrected chi connectivity index (χ4v) is 7.68. The second-order valence-corrected chi connectivity index (χ2v) is 14.9. The van der Waals surface area contributed by atoms with Crippen LogP contribution in [0.3, 0.4) is 0 Å².